The van der Waals surface area contributed by atoms with Gasteiger partial charge in [-0.25, -0.2) is 18.4 Å². The Hall–Kier alpha value is -1.57. The first kappa shape index (κ1) is 14.4. The van der Waals surface area contributed by atoms with Crippen LogP contribution >= 0.6 is 23.2 Å². The normalized spacial score (nSPS) is 13.6. The van der Waals surface area contributed by atoms with Crippen LogP contribution in [0.4, 0.5) is 5.69 Å². The summed E-state index contributed by atoms with van der Waals surface area (Å²) in [6.45, 7) is 0.552. The van der Waals surface area contributed by atoms with Gasteiger partial charge in [0, 0.05) is 6.42 Å². The Labute approximate surface area is 131 Å². The molecule has 0 radical (unpaired) electrons. The predicted molar refractivity (Wildman–Crippen MR) is 78.5 cm³/mol. The van der Waals surface area contributed by atoms with Crippen LogP contribution in [0.15, 0.2) is 29.4 Å². The van der Waals surface area contributed by atoms with Crippen LogP contribution in [0.1, 0.15) is 5.56 Å². The Balaban J connectivity index is 1.98. The summed E-state index contributed by atoms with van der Waals surface area (Å²) in [5.41, 5.74) is 0.803. The number of nitrogens with zero attached hydrogens (tertiary/aromatic N) is 2. The second-order valence-electron chi connectivity index (χ2n) is 4.30. The van der Waals surface area contributed by atoms with Gasteiger partial charge in [0.25, 0.3) is 10.0 Å². The highest BCUT2D eigenvalue weighted by molar-refractivity contribution is 7.92. The molecule has 0 bridgehead atoms. The standard InChI is InChI=1S/C12H9Cl2N3O3S/c13-11-10(12(14)16-6-15-11)17-21(18,19)8-1-2-9-7(5-8)3-4-20-9/h1-2,5-6,17H,3-4H2. The minimum Gasteiger partial charge on any atom is -0.493 e. The molecule has 0 spiro atoms. The molecule has 2 aromatic rings. The van der Waals surface area contributed by atoms with E-state index in [1.165, 1.54) is 6.07 Å². The van der Waals surface area contributed by atoms with Gasteiger partial charge < -0.3 is 4.74 Å². The monoisotopic (exact) mass is 345 g/mol. The van der Waals surface area contributed by atoms with E-state index < -0.39 is 10.0 Å². The zero-order valence-electron chi connectivity index (χ0n) is 10.5. The highest BCUT2D eigenvalue weighted by atomic mass is 35.5. The van der Waals surface area contributed by atoms with E-state index >= 15 is 0 Å². The molecule has 0 fully saturated rings. The fourth-order valence-corrected chi connectivity index (χ4v) is 3.60. The van der Waals surface area contributed by atoms with Gasteiger partial charge in [0.2, 0.25) is 0 Å². The molecule has 0 saturated carbocycles. The van der Waals surface area contributed by atoms with E-state index in [-0.39, 0.29) is 20.9 Å². The number of anilines is 1. The Bertz CT molecular complexity index is 791. The molecule has 2 heterocycles. The maximum atomic E-state index is 12.4. The second-order valence-corrected chi connectivity index (χ2v) is 6.70. The van der Waals surface area contributed by atoms with Crippen LogP contribution in [0.3, 0.4) is 0 Å². The molecular weight excluding hydrogens is 337 g/mol. The summed E-state index contributed by atoms with van der Waals surface area (Å²) in [7, 11) is -3.83. The maximum absolute atomic E-state index is 12.4. The molecule has 1 aliphatic heterocycles. The molecule has 0 unspecified atom stereocenters. The number of ether oxygens (including phenoxy) is 1. The van der Waals surface area contributed by atoms with Gasteiger partial charge in [-0.15, -0.1) is 0 Å². The number of hydrogen-bond donors (Lipinski definition) is 1. The number of fused-ring (bicyclic) bond motifs is 1. The van der Waals surface area contributed by atoms with Crippen molar-refractivity contribution in [3.8, 4) is 5.75 Å². The Morgan fingerprint density at radius 1 is 1.19 bits per heavy atom. The van der Waals surface area contributed by atoms with E-state index in [1.54, 1.807) is 12.1 Å². The first-order valence-electron chi connectivity index (χ1n) is 5.92. The molecule has 1 aromatic carbocycles. The van der Waals surface area contributed by atoms with Gasteiger partial charge in [0.15, 0.2) is 10.3 Å². The number of rotatable bonds is 3. The van der Waals surface area contributed by atoms with Crippen LogP contribution < -0.4 is 9.46 Å². The summed E-state index contributed by atoms with van der Waals surface area (Å²) < 4.78 is 32.4. The number of sulfonamides is 1. The Kier molecular flexibility index (Phi) is 3.64. The Morgan fingerprint density at radius 2 is 1.90 bits per heavy atom. The van der Waals surface area contributed by atoms with Crippen molar-refractivity contribution in [2.24, 2.45) is 0 Å². The number of halogens is 2. The molecule has 1 aliphatic rings. The van der Waals surface area contributed by atoms with E-state index in [9.17, 15) is 8.42 Å². The van der Waals surface area contributed by atoms with Crippen molar-refractivity contribution in [3.05, 3.63) is 40.4 Å². The molecule has 3 rings (SSSR count). The highest BCUT2D eigenvalue weighted by Gasteiger charge is 2.22. The summed E-state index contributed by atoms with van der Waals surface area (Å²) >= 11 is 11.7. The van der Waals surface area contributed by atoms with Crippen LogP contribution in [0.25, 0.3) is 0 Å². The van der Waals surface area contributed by atoms with Gasteiger partial charge in [-0.2, -0.15) is 0 Å². The van der Waals surface area contributed by atoms with Crippen LogP contribution in [0.2, 0.25) is 10.3 Å². The van der Waals surface area contributed by atoms with Gasteiger partial charge in [-0.05, 0) is 23.8 Å². The lowest BCUT2D eigenvalue weighted by Crippen LogP contribution is -2.14. The Morgan fingerprint density at radius 3 is 2.62 bits per heavy atom. The zero-order chi connectivity index (χ0) is 15.0. The lowest BCUT2D eigenvalue weighted by molar-refractivity contribution is 0.356. The molecule has 0 amide bonds. The predicted octanol–water partition coefficient (Wildman–Crippen LogP) is 2.52. The van der Waals surface area contributed by atoms with Gasteiger partial charge in [0.05, 0.1) is 11.5 Å². The van der Waals surface area contributed by atoms with Crippen molar-refractivity contribution >= 4 is 38.9 Å². The van der Waals surface area contributed by atoms with Crippen molar-refractivity contribution in [3.63, 3.8) is 0 Å². The molecule has 1 aromatic heterocycles. The molecule has 6 nitrogen and oxygen atoms in total. The summed E-state index contributed by atoms with van der Waals surface area (Å²) in [6, 6.07) is 4.65. The first-order valence-corrected chi connectivity index (χ1v) is 8.16. The lowest BCUT2D eigenvalue weighted by Gasteiger charge is -2.10. The van der Waals surface area contributed by atoms with Gasteiger partial charge in [-0.3, -0.25) is 4.72 Å². The summed E-state index contributed by atoms with van der Waals surface area (Å²) in [4.78, 5) is 7.50. The van der Waals surface area contributed by atoms with Crippen LogP contribution in [-0.2, 0) is 16.4 Å². The van der Waals surface area contributed by atoms with E-state index in [2.05, 4.69) is 14.7 Å². The van der Waals surface area contributed by atoms with Crippen molar-refractivity contribution in [2.75, 3.05) is 11.3 Å². The third-order valence-corrected chi connectivity index (χ3v) is 4.88. The zero-order valence-corrected chi connectivity index (χ0v) is 12.8. The average Bonchev–Trinajstić information content (AvgIpc) is 2.90. The smallest absolute Gasteiger partial charge is 0.262 e. The average molecular weight is 346 g/mol. The minimum absolute atomic E-state index is 0.0439. The molecule has 0 atom stereocenters. The molecule has 0 saturated heterocycles. The van der Waals surface area contributed by atoms with Gasteiger partial charge >= 0.3 is 0 Å². The number of aromatic nitrogens is 2. The third kappa shape index (κ3) is 2.76. The summed E-state index contributed by atoms with van der Waals surface area (Å²) in [6.07, 6.45) is 1.82. The first-order chi connectivity index (χ1) is 9.97. The highest BCUT2D eigenvalue weighted by Crippen LogP contribution is 2.31. The van der Waals surface area contributed by atoms with E-state index in [0.717, 1.165) is 11.9 Å². The SMILES string of the molecule is O=S(=O)(Nc1c(Cl)ncnc1Cl)c1ccc2c(c1)CCO2. The van der Waals surface area contributed by atoms with E-state index in [1.807, 2.05) is 0 Å². The summed E-state index contributed by atoms with van der Waals surface area (Å²) in [5, 5.41) is -0.133. The van der Waals surface area contributed by atoms with Crippen molar-refractivity contribution in [1.82, 2.24) is 9.97 Å². The quantitative estimate of drug-likeness (QED) is 0.864. The van der Waals surface area contributed by atoms with Crippen LogP contribution in [0, 0.1) is 0 Å². The molecule has 9 heteroatoms. The summed E-state index contributed by atoms with van der Waals surface area (Å²) in [5.74, 6) is 0.702. The van der Waals surface area contributed by atoms with Crippen molar-refractivity contribution < 1.29 is 13.2 Å². The molecule has 21 heavy (non-hydrogen) atoms. The number of hydrogen-bond acceptors (Lipinski definition) is 5. The van der Waals surface area contributed by atoms with Crippen LogP contribution in [0.5, 0.6) is 5.75 Å². The largest absolute Gasteiger partial charge is 0.493 e. The third-order valence-electron chi connectivity index (χ3n) is 2.96. The van der Waals surface area contributed by atoms with Crippen LogP contribution in [-0.4, -0.2) is 25.0 Å². The fourth-order valence-electron chi connectivity index (χ4n) is 1.95. The van der Waals surface area contributed by atoms with E-state index in [0.29, 0.717) is 18.8 Å². The molecule has 110 valence electrons. The van der Waals surface area contributed by atoms with Gasteiger partial charge in [-0.1, -0.05) is 23.2 Å². The molecule has 1 N–H and O–H groups in total. The number of benzene rings is 1. The van der Waals surface area contributed by atoms with E-state index in [4.69, 9.17) is 27.9 Å². The molecule has 0 aliphatic carbocycles. The molecular formula is C12H9Cl2N3O3S. The van der Waals surface area contributed by atoms with Gasteiger partial charge in [0.1, 0.15) is 17.8 Å². The maximum Gasteiger partial charge on any atom is 0.262 e. The second kappa shape index (κ2) is 5.32. The van der Waals surface area contributed by atoms with Crippen molar-refractivity contribution in [1.29, 1.82) is 0 Å². The fraction of sp³-hybridized carbons (Fsp3) is 0.167. The van der Waals surface area contributed by atoms with Crippen molar-refractivity contribution in [2.45, 2.75) is 11.3 Å². The topological polar surface area (TPSA) is 81.2 Å². The number of nitrogens with one attached hydrogen (secondary N) is 1. The minimum atomic E-state index is -3.83. The lowest BCUT2D eigenvalue weighted by atomic mass is 10.2.